The predicted octanol–water partition coefficient (Wildman–Crippen LogP) is 4.98. The molecule has 1 N–H and O–H groups in total. The van der Waals surface area contributed by atoms with Crippen LogP contribution in [0.2, 0.25) is 0 Å². The Bertz CT molecular complexity index is 1020. The third kappa shape index (κ3) is 3.22. The molecule has 0 aliphatic carbocycles. The molecule has 0 unspecified atom stereocenters. The summed E-state index contributed by atoms with van der Waals surface area (Å²) in [5.41, 5.74) is 2.06. The summed E-state index contributed by atoms with van der Waals surface area (Å²) in [6.07, 6.45) is 1.44. The molecule has 1 fully saturated rings. The molecule has 1 aliphatic heterocycles. The molecule has 0 aromatic heterocycles. The number of carbonyl (C=O) groups excluding carboxylic acids is 2. The molecule has 4 nitrogen and oxygen atoms in total. The molecule has 0 saturated carbocycles. The minimum atomic E-state index is -0.187. The van der Waals surface area contributed by atoms with Crippen LogP contribution < -0.4 is 10.2 Å². The fraction of sp³-hybridized carbons (Fsp3) is 0.143. The van der Waals surface area contributed by atoms with Gasteiger partial charge in [0.05, 0.1) is 0 Å². The molecule has 1 saturated heterocycles. The first-order chi connectivity index (χ1) is 12.6. The Morgan fingerprint density at radius 1 is 1.04 bits per heavy atom. The quantitative estimate of drug-likeness (QED) is 0.663. The molecule has 26 heavy (non-hydrogen) atoms. The summed E-state index contributed by atoms with van der Waals surface area (Å²) in [5.74, 6) is -0.0736. The fourth-order valence-electron chi connectivity index (χ4n) is 3.26. The number of anilines is 2. The van der Waals surface area contributed by atoms with Gasteiger partial charge in [0.2, 0.25) is 5.91 Å². The van der Waals surface area contributed by atoms with Gasteiger partial charge < -0.3 is 10.2 Å². The van der Waals surface area contributed by atoms with Gasteiger partial charge in [-0.05, 0) is 53.6 Å². The van der Waals surface area contributed by atoms with Crippen molar-refractivity contribution in [3.05, 3.63) is 70.7 Å². The van der Waals surface area contributed by atoms with Crippen LogP contribution in [0.1, 0.15) is 23.2 Å². The maximum Gasteiger partial charge on any atom is 0.255 e. The average Bonchev–Trinajstić information content (AvgIpc) is 3.08. The van der Waals surface area contributed by atoms with Crippen molar-refractivity contribution in [2.45, 2.75) is 12.8 Å². The number of halogens is 1. The van der Waals surface area contributed by atoms with Crippen molar-refractivity contribution < 1.29 is 9.59 Å². The van der Waals surface area contributed by atoms with E-state index in [4.69, 9.17) is 0 Å². The second-order valence-corrected chi connectivity index (χ2v) is 7.18. The Balaban J connectivity index is 1.57. The first-order valence-corrected chi connectivity index (χ1v) is 9.31. The summed E-state index contributed by atoms with van der Waals surface area (Å²) in [7, 11) is 0. The van der Waals surface area contributed by atoms with Gasteiger partial charge in [-0.1, -0.05) is 40.2 Å². The molecule has 0 spiro atoms. The smallest absolute Gasteiger partial charge is 0.255 e. The Morgan fingerprint density at radius 3 is 2.69 bits per heavy atom. The lowest BCUT2D eigenvalue weighted by molar-refractivity contribution is -0.117. The summed E-state index contributed by atoms with van der Waals surface area (Å²) in [5, 5.41) is 5.09. The third-order valence-corrected chi connectivity index (χ3v) is 5.27. The van der Waals surface area contributed by atoms with E-state index in [0.717, 1.165) is 33.0 Å². The highest BCUT2D eigenvalue weighted by Crippen LogP contribution is 2.27. The predicted molar refractivity (Wildman–Crippen MR) is 108 cm³/mol. The molecule has 5 heteroatoms. The van der Waals surface area contributed by atoms with Crippen molar-refractivity contribution >= 4 is 49.9 Å². The molecule has 0 bridgehead atoms. The minimum Gasteiger partial charge on any atom is -0.322 e. The second kappa shape index (κ2) is 6.92. The number of nitrogens with one attached hydrogen (secondary N) is 1. The highest BCUT2D eigenvalue weighted by molar-refractivity contribution is 9.10. The number of amides is 2. The molecular weight excluding hydrogens is 392 g/mol. The van der Waals surface area contributed by atoms with Crippen LogP contribution in [0, 0.1) is 0 Å². The second-order valence-electron chi connectivity index (χ2n) is 6.33. The van der Waals surface area contributed by atoms with E-state index in [0.29, 0.717) is 18.5 Å². The summed E-state index contributed by atoms with van der Waals surface area (Å²) < 4.78 is 1.02. The first kappa shape index (κ1) is 16.8. The maximum absolute atomic E-state index is 12.6. The van der Waals surface area contributed by atoms with Crippen molar-refractivity contribution in [3.63, 3.8) is 0 Å². The SMILES string of the molecule is O=C(Nc1ccc2c(Br)cccc2c1)c1cccc(N2CCCC2=O)c1. The van der Waals surface area contributed by atoms with Crippen LogP contribution in [0.25, 0.3) is 10.8 Å². The van der Waals surface area contributed by atoms with Gasteiger partial charge in [0.1, 0.15) is 0 Å². The Kier molecular flexibility index (Phi) is 4.47. The largest absolute Gasteiger partial charge is 0.322 e. The summed E-state index contributed by atoms with van der Waals surface area (Å²) in [6, 6.07) is 19.0. The number of benzene rings is 3. The van der Waals surface area contributed by atoms with Gasteiger partial charge in [0.25, 0.3) is 5.91 Å². The van der Waals surface area contributed by atoms with Crippen LogP contribution in [0.4, 0.5) is 11.4 Å². The number of fused-ring (bicyclic) bond motifs is 1. The van der Waals surface area contributed by atoms with Crippen LogP contribution in [-0.4, -0.2) is 18.4 Å². The highest BCUT2D eigenvalue weighted by Gasteiger charge is 2.22. The first-order valence-electron chi connectivity index (χ1n) is 8.52. The number of rotatable bonds is 3. The van der Waals surface area contributed by atoms with E-state index >= 15 is 0 Å². The maximum atomic E-state index is 12.6. The van der Waals surface area contributed by atoms with Crippen LogP contribution >= 0.6 is 15.9 Å². The third-order valence-electron chi connectivity index (χ3n) is 4.58. The molecule has 1 heterocycles. The molecule has 3 aromatic rings. The van der Waals surface area contributed by atoms with Gasteiger partial charge in [-0.15, -0.1) is 0 Å². The number of carbonyl (C=O) groups is 2. The molecule has 130 valence electrons. The van der Waals surface area contributed by atoms with E-state index in [1.165, 1.54) is 0 Å². The lowest BCUT2D eigenvalue weighted by Gasteiger charge is -2.16. The van der Waals surface area contributed by atoms with Gasteiger partial charge in [-0.2, -0.15) is 0 Å². The number of nitrogens with zero attached hydrogens (tertiary/aromatic N) is 1. The highest BCUT2D eigenvalue weighted by atomic mass is 79.9. The molecule has 4 rings (SSSR count). The van der Waals surface area contributed by atoms with Crippen molar-refractivity contribution in [2.24, 2.45) is 0 Å². The topological polar surface area (TPSA) is 49.4 Å². The van der Waals surface area contributed by atoms with E-state index < -0.39 is 0 Å². The van der Waals surface area contributed by atoms with Gasteiger partial charge in [0, 0.05) is 34.4 Å². The van der Waals surface area contributed by atoms with Crippen LogP contribution in [0.5, 0.6) is 0 Å². The van der Waals surface area contributed by atoms with E-state index in [9.17, 15) is 9.59 Å². The minimum absolute atomic E-state index is 0.114. The number of hydrogen-bond acceptors (Lipinski definition) is 2. The summed E-state index contributed by atoms with van der Waals surface area (Å²) in [4.78, 5) is 26.3. The van der Waals surface area contributed by atoms with Crippen molar-refractivity contribution in [2.75, 3.05) is 16.8 Å². The summed E-state index contributed by atoms with van der Waals surface area (Å²) in [6.45, 7) is 0.712. The van der Waals surface area contributed by atoms with Gasteiger partial charge in [-0.3, -0.25) is 9.59 Å². The van der Waals surface area contributed by atoms with Gasteiger partial charge >= 0.3 is 0 Å². The van der Waals surface area contributed by atoms with Crippen LogP contribution in [0.15, 0.2) is 65.1 Å². The lowest BCUT2D eigenvalue weighted by atomic mass is 10.1. The molecule has 0 radical (unpaired) electrons. The van der Waals surface area contributed by atoms with Crippen LogP contribution in [-0.2, 0) is 4.79 Å². The van der Waals surface area contributed by atoms with Gasteiger partial charge in [0.15, 0.2) is 0 Å². The lowest BCUT2D eigenvalue weighted by Crippen LogP contribution is -2.24. The Hall–Kier alpha value is -2.66. The Morgan fingerprint density at radius 2 is 1.88 bits per heavy atom. The van der Waals surface area contributed by atoms with Crippen molar-refractivity contribution in [3.8, 4) is 0 Å². The van der Waals surface area contributed by atoms with E-state index in [2.05, 4.69) is 21.2 Å². The zero-order valence-electron chi connectivity index (χ0n) is 14.0. The molecule has 1 aliphatic rings. The molecule has 3 aromatic carbocycles. The van der Waals surface area contributed by atoms with Crippen molar-refractivity contribution in [1.82, 2.24) is 0 Å². The monoisotopic (exact) mass is 408 g/mol. The van der Waals surface area contributed by atoms with Crippen LogP contribution in [0.3, 0.4) is 0 Å². The zero-order valence-corrected chi connectivity index (χ0v) is 15.6. The zero-order chi connectivity index (χ0) is 18.1. The average molecular weight is 409 g/mol. The van der Waals surface area contributed by atoms with E-state index in [1.54, 1.807) is 17.0 Å². The fourth-order valence-corrected chi connectivity index (χ4v) is 3.78. The summed E-state index contributed by atoms with van der Waals surface area (Å²) >= 11 is 3.53. The molecule has 0 atom stereocenters. The number of hydrogen-bond donors (Lipinski definition) is 1. The van der Waals surface area contributed by atoms with Gasteiger partial charge in [-0.25, -0.2) is 0 Å². The van der Waals surface area contributed by atoms with E-state index in [-0.39, 0.29) is 11.8 Å². The standard InChI is InChI=1S/C21H17BrN2O2/c22-19-7-2-4-14-12-16(9-10-18(14)19)23-21(26)15-5-1-6-17(13-15)24-11-3-8-20(24)25/h1-2,4-7,9-10,12-13H,3,8,11H2,(H,23,26). The van der Waals surface area contributed by atoms with E-state index in [1.807, 2.05) is 48.5 Å². The normalized spacial score (nSPS) is 14.0. The van der Waals surface area contributed by atoms with Crippen molar-refractivity contribution in [1.29, 1.82) is 0 Å². The Labute approximate surface area is 159 Å². The molecular formula is C21H17BrN2O2. The molecule has 2 amide bonds.